The highest BCUT2D eigenvalue weighted by Crippen LogP contribution is 2.28. The predicted molar refractivity (Wildman–Crippen MR) is 83.2 cm³/mol. The number of hydrogen-bond acceptors (Lipinski definition) is 3. The summed E-state index contributed by atoms with van der Waals surface area (Å²) in [6.45, 7) is 3.12. The third-order valence-electron chi connectivity index (χ3n) is 2.54. The molecule has 0 aliphatic rings. The molecule has 0 heterocycles. The summed E-state index contributed by atoms with van der Waals surface area (Å²) in [7, 11) is 8.07. The maximum atomic E-state index is 11.4. The number of nitrogens with zero attached hydrogens (tertiary/aromatic N) is 2. The van der Waals surface area contributed by atoms with Gasteiger partial charge in [-0.1, -0.05) is 15.9 Å². The van der Waals surface area contributed by atoms with E-state index >= 15 is 0 Å². The minimum Gasteiger partial charge on any atom is -0.326 e. The summed E-state index contributed by atoms with van der Waals surface area (Å²) in [5, 5.41) is 2.97. The maximum Gasteiger partial charge on any atom is 0.221 e. The summed E-state index contributed by atoms with van der Waals surface area (Å²) in [4.78, 5) is 15.6. The highest BCUT2D eigenvalue weighted by Gasteiger charge is 2.13. The number of anilines is 1. The zero-order valence-electron chi connectivity index (χ0n) is 12.2. The molecular weight excluding hydrogens is 306 g/mol. The lowest BCUT2D eigenvalue weighted by molar-refractivity contribution is -0.114. The first-order valence-electron chi connectivity index (χ1n) is 6.18. The number of carbonyl (C=O) groups is 1. The molecule has 0 aliphatic heterocycles. The molecule has 0 unspecified atom stereocenters. The van der Waals surface area contributed by atoms with E-state index in [4.69, 9.17) is 0 Å². The van der Waals surface area contributed by atoms with Crippen molar-refractivity contribution in [3.05, 3.63) is 27.7 Å². The summed E-state index contributed by atoms with van der Waals surface area (Å²) < 4.78 is 1.04. The van der Waals surface area contributed by atoms with Gasteiger partial charge in [0.2, 0.25) is 5.91 Å². The zero-order valence-corrected chi connectivity index (χ0v) is 13.8. The number of halogens is 1. The molecule has 4 nitrogen and oxygen atoms in total. The van der Waals surface area contributed by atoms with Gasteiger partial charge in [0.25, 0.3) is 0 Å². The minimum atomic E-state index is -0.0395. The molecular formula is C14H22BrN3O. The van der Waals surface area contributed by atoms with Crippen molar-refractivity contribution in [3.8, 4) is 0 Å². The second kappa shape index (κ2) is 7.03. The Kier molecular flexibility index (Phi) is 5.97. The Morgan fingerprint density at radius 1 is 1.11 bits per heavy atom. The largest absolute Gasteiger partial charge is 0.326 e. The fraction of sp³-hybridized carbons (Fsp3) is 0.500. The third-order valence-corrected chi connectivity index (χ3v) is 3.00. The lowest BCUT2D eigenvalue weighted by Crippen LogP contribution is -2.19. The molecule has 0 saturated heterocycles. The number of rotatable bonds is 5. The van der Waals surface area contributed by atoms with E-state index in [1.54, 1.807) is 6.92 Å². The van der Waals surface area contributed by atoms with E-state index in [0.717, 1.165) is 34.4 Å². The molecule has 1 aromatic rings. The van der Waals surface area contributed by atoms with Crippen LogP contribution in [0.3, 0.4) is 0 Å². The lowest BCUT2D eigenvalue weighted by atomic mass is 10.1. The Hall–Kier alpha value is -0.910. The van der Waals surface area contributed by atoms with Gasteiger partial charge < -0.3 is 15.1 Å². The average molecular weight is 328 g/mol. The first-order chi connectivity index (χ1) is 8.79. The second-order valence-electron chi connectivity index (χ2n) is 5.26. The van der Waals surface area contributed by atoms with Crippen molar-refractivity contribution in [1.29, 1.82) is 0 Å². The molecule has 106 valence electrons. The number of nitrogens with one attached hydrogen (secondary N) is 1. The Morgan fingerprint density at radius 3 is 1.84 bits per heavy atom. The highest BCUT2D eigenvalue weighted by atomic mass is 79.9. The minimum absolute atomic E-state index is 0.0395. The van der Waals surface area contributed by atoms with Crippen LogP contribution in [-0.4, -0.2) is 43.9 Å². The fourth-order valence-corrected chi connectivity index (χ4v) is 2.55. The normalized spacial score (nSPS) is 11.2. The molecule has 1 rings (SSSR count). The monoisotopic (exact) mass is 327 g/mol. The topological polar surface area (TPSA) is 35.6 Å². The van der Waals surface area contributed by atoms with Gasteiger partial charge in [0, 0.05) is 30.2 Å². The van der Waals surface area contributed by atoms with Crippen molar-refractivity contribution in [2.75, 3.05) is 33.5 Å². The number of carbonyl (C=O) groups excluding carboxylic acids is 1. The van der Waals surface area contributed by atoms with Gasteiger partial charge in [-0.3, -0.25) is 4.79 Å². The molecule has 0 radical (unpaired) electrons. The van der Waals surface area contributed by atoms with Crippen LogP contribution in [0, 0.1) is 0 Å². The Bertz CT molecular complexity index is 427. The van der Waals surface area contributed by atoms with Gasteiger partial charge in [0.05, 0.1) is 0 Å². The van der Waals surface area contributed by atoms with Crippen molar-refractivity contribution in [1.82, 2.24) is 9.80 Å². The lowest BCUT2D eigenvalue weighted by Gasteiger charge is -2.20. The van der Waals surface area contributed by atoms with Crippen LogP contribution in [0.1, 0.15) is 18.1 Å². The summed E-state index contributed by atoms with van der Waals surface area (Å²) in [5.74, 6) is -0.0395. The molecule has 1 N–H and O–H groups in total. The highest BCUT2D eigenvalue weighted by molar-refractivity contribution is 9.10. The summed E-state index contributed by atoms with van der Waals surface area (Å²) in [6.07, 6.45) is 0. The summed E-state index contributed by atoms with van der Waals surface area (Å²) >= 11 is 3.54. The molecule has 0 spiro atoms. The SMILES string of the molecule is CC(=O)Nc1c(CN(C)C)cc(Br)cc1CN(C)C. The number of benzene rings is 1. The fourth-order valence-electron chi connectivity index (χ4n) is 1.99. The van der Waals surface area contributed by atoms with Crippen LogP contribution in [-0.2, 0) is 17.9 Å². The smallest absolute Gasteiger partial charge is 0.221 e. The van der Waals surface area contributed by atoms with Gasteiger partial charge in [-0.25, -0.2) is 0 Å². The van der Waals surface area contributed by atoms with Crippen LogP contribution < -0.4 is 5.32 Å². The first kappa shape index (κ1) is 16.1. The van der Waals surface area contributed by atoms with Gasteiger partial charge in [0.15, 0.2) is 0 Å². The molecule has 1 amide bonds. The van der Waals surface area contributed by atoms with E-state index in [0.29, 0.717) is 0 Å². The zero-order chi connectivity index (χ0) is 14.6. The molecule has 0 fully saturated rings. The molecule has 0 bridgehead atoms. The number of amides is 1. The van der Waals surface area contributed by atoms with Crippen LogP contribution in [0.5, 0.6) is 0 Å². The van der Waals surface area contributed by atoms with Crippen LogP contribution in [0.4, 0.5) is 5.69 Å². The van der Waals surface area contributed by atoms with Gasteiger partial charge in [-0.15, -0.1) is 0 Å². The molecule has 19 heavy (non-hydrogen) atoms. The van der Waals surface area contributed by atoms with Crippen molar-refractivity contribution >= 4 is 27.5 Å². The van der Waals surface area contributed by atoms with E-state index < -0.39 is 0 Å². The predicted octanol–water partition coefficient (Wildman–Crippen LogP) is 2.53. The van der Waals surface area contributed by atoms with Crippen LogP contribution in [0.25, 0.3) is 0 Å². The molecule has 0 saturated carbocycles. The van der Waals surface area contributed by atoms with Gasteiger partial charge in [0.1, 0.15) is 0 Å². The molecule has 0 aromatic heterocycles. The second-order valence-corrected chi connectivity index (χ2v) is 6.17. The summed E-state index contributed by atoms with van der Waals surface area (Å²) in [6, 6.07) is 4.12. The van der Waals surface area contributed by atoms with E-state index in [2.05, 4.69) is 43.2 Å². The van der Waals surface area contributed by atoms with E-state index in [-0.39, 0.29) is 5.91 Å². The molecule has 0 aliphatic carbocycles. The molecule has 5 heteroatoms. The Morgan fingerprint density at radius 2 is 1.53 bits per heavy atom. The van der Waals surface area contributed by atoms with Gasteiger partial charge in [-0.2, -0.15) is 0 Å². The molecule has 1 aromatic carbocycles. The van der Waals surface area contributed by atoms with Crippen molar-refractivity contribution in [3.63, 3.8) is 0 Å². The third kappa shape index (κ3) is 5.30. The van der Waals surface area contributed by atoms with Crippen LogP contribution in [0.2, 0.25) is 0 Å². The number of hydrogen-bond donors (Lipinski definition) is 1. The van der Waals surface area contributed by atoms with E-state index in [1.807, 2.05) is 28.2 Å². The van der Waals surface area contributed by atoms with E-state index in [1.165, 1.54) is 0 Å². The quantitative estimate of drug-likeness (QED) is 0.902. The maximum absolute atomic E-state index is 11.4. The average Bonchev–Trinajstić information content (AvgIpc) is 2.20. The standard InChI is InChI=1S/C14H22BrN3O/c1-10(19)16-14-11(8-17(2)3)6-13(15)7-12(14)9-18(4)5/h6-7H,8-9H2,1-5H3,(H,16,19). The first-order valence-corrected chi connectivity index (χ1v) is 6.97. The van der Waals surface area contributed by atoms with Crippen molar-refractivity contribution < 1.29 is 4.79 Å². The van der Waals surface area contributed by atoms with Crippen LogP contribution >= 0.6 is 15.9 Å². The van der Waals surface area contributed by atoms with Crippen molar-refractivity contribution in [2.24, 2.45) is 0 Å². The Labute approximate surface area is 123 Å². The van der Waals surface area contributed by atoms with Gasteiger partial charge >= 0.3 is 0 Å². The molecule has 0 atom stereocenters. The van der Waals surface area contributed by atoms with E-state index in [9.17, 15) is 4.79 Å². The van der Waals surface area contributed by atoms with Gasteiger partial charge in [-0.05, 0) is 51.5 Å². The summed E-state index contributed by atoms with van der Waals surface area (Å²) in [5.41, 5.74) is 3.16. The van der Waals surface area contributed by atoms with Crippen LogP contribution in [0.15, 0.2) is 16.6 Å². The van der Waals surface area contributed by atoms with Crippen molar-refractivity contribution in [2.45, 2.75) is 20.0 Å². The Balaban J connectivity index is 3.25.